The molecular weight excluding hydrogens is 428 g/mol. The number of carbonyl (C=O) groups excluding carboxylic acids is 2. The standard InChI is InChI=1S/C21H19BrO6/c1-21(2)27-19(23)17(20(24)28-21)11-14-10-15(22)7-8-18(14)26-12-13-5-4-6-16(9-13)25-3/h4-11H,12H2,1-3H3. The molecule has 0 atom stereocenters. The van der Waals surface area contributed by atoms with Gasteiger partial charge < -0.3 is 18.9 Å². The van der Waals surface area contributed by atoms with Crippen LogP contribution in [0.1, 0.15) is 25.0 Å². The summed E-state index contributed by atoms with van der Waals surface area (Å²) in [6.07, 6.45) is 1.41. The number of benzene rings is 2. The number of esters is 2. The minimum atomic E-state index is -1.28. The Morgan fingerprint density at radius 1 is 1.07 bits per heavy atom. The van der Waals surface area contributed by atoms with Crippen molar-refractivity contribution < 1.29 is 28.5 Å². The summed E-state index contributed by atoms with van der Waals surface area (Å²) in [7, 11) is 1.60. The molecule has 2 aromatic rings. The molecule has 1 saturated heterocycles. The number of methoxy groups -OCH3 is 1. The van der Waals surface area contributed by atoms with Crippen LogP contribution in [0.5, 0.6) is 11.5 Å². The number of carbonyl (C=O) groups is 2. The molecule has 1 aliphatic heterocycles. The van der Waals surface area contributed by atoms with Gasteiger partial charge in [0, 0.05) is 23.9 Å². The fourth-order valence-corrected chi connectivity index (χ4v) is 3.00. The van der Waals surface area contributed by atoms with E-state index in [4.69, 9.17) is 18.9 Å². The molecule has 1 fully saturated rings. The molecule has 3 rings (SSSR count). The van der Waals surface area contributed by atoms with Gasteiger partial charge in [0.05, 0.1) is 7.11 Å². The van der Waals surface area contributed by atoms with Gasteiger partial charge in [-0.2, -0.15) is 0 Å². The molecule has 0 spiro atoms. The van der Waals surface area contributed by atoms with Gasteiger partial charge in [0.15, 0.2) is 0 Å². The number of hydrogen-bond acceptors (Lipinski definition) is 6. The average Bonchev–Trinajstić information content (AvgIpc) is 2.63. The average molecular weight is 447 g/mol. The molecule has 6 nitrogen and oxygen atoms in total. The van der Waals surface area contributed by atoms with Crippen LogP contribution in [0.2, 0.25) is 0 Å². The first-order valence-electron chi connectivity index (χ1n) is 8.51. The number of halogens is 1. The van der Waals surface area contributed by atoms with Crippen LogP contribution < -0.4 is 9.47 Å². The lowest BCUT2D eigenvalue weighted by atomic mass is 10.1. The smallest absolute Gasteiger partial charge is 0.348 e. The van der Waals surface area contributed by atoms with Gasteiger partial charge in [0.2, 0.25) is 0 Å². The van der Waals surface area contributed by atoms with E-state index >= 15 is 0 Å². The molecule has 7 heteroatoms. The van der Waals surface area contributed by atoms with Crippen LogP contribution in [0.25, 0.3) is 6.08 Å². The van der Waals surface area contributed by atoms with Gasteiger partial charge in [0.1, 0.15) is 23.7 Å². The predicted octanol–water partition coefficient (Wildman–Crippen LogP) is 4.26. The monoisotopic (exact) mass is 446 g/mol. The zero-order valence-electron chi connectivity index (χ0n) is 15.7. The number of cyclic esters (lactones) is 2. The van der Waals surface area contributed by atoms with Crippen molar-refractivity contribution in [2.24, 2.45) is 0 Å². The van der Waals surface area contributed by atoms with Crippen LogP contribution in [0.3, 0.4) is 0 Å². The van der Waals surface area contributed by atoms with Crippen molar-refractivity contribution in [2.45, 2.75) is 26.2 Å². The Kier molecular flexibility index (Phi) is 5.74. The molecule has 0 aliphatic carbocycles. The van der Waals surface area contributed by atoms with Crippen molar-refractivity contribution in [3.63, 3.8) is 0 Å². The highest BCUT2D eigenvalue weighted by Gasteiger charge is 2.39. The Labute approximate surface area is 171 Å². The molecule has 0 amide bonds. The highest BCUT2D eigenvalue weighted by atomic mass is 79.9. The lowest BCUT2D eigenvalue weighted by molar-refractivity contribution is -0.222. The molecule has 0 unspecified atom stereocenters. The van der Waals surface area contributed by atoms with Gasteiger partial charge >= 0.3 is 11.9 Å². The summed E-state index contributed by atoms with van der Waals surface area (Å²) in [5.41, 5.74) is 1.27. The molecule has 2 aromatic carbocycles. The maximum atomic E-state index is 12.2. The Balaban J connectivity index is 1.86. The van der Waals surface area contributed by atoms with Gasteiger partial charge in [-0.1, -0.05) is 28.1 Å². The van der Waals surface area contributed by atoms with E-state index in [0.717, 1.165) is 15.8 Å². The quantitative estimate of drug-likeness (QED) is 0.388. The summed E-state index contributed by atoms with van der Waals surface area (Å²) in [5, 5.41) is 0. The van der Waals surface area contributed by atoms with E-state index in [1.54, 1.807) is 19.2 Å². The van der Waals surface area contributed by atoms with Gasteiger partial charge in [-0.25, -0.2) is 9.59 Å². The van der Waals surface area contributed by atoms with Crippen molar-refractivity contribution >= 4 is 33.9 Å². The SMILES string of the molecule is COc1cccc(COc2ccc(Br)cc2C=C2C(=O)OC(C)(C)OC2=O)c1. The fourth-order valence-electron chi connectivity index (χ4n) is 2.62. The van der Waals surface area contributed by atoms with Crippen LogP contribution in [0, 0.1) is 0 Å². The zero-order chi connectivity index (χ0) is 20.3. The molecule has 1 heterocycles. The van der Waals surface area contributed by atoms with E-state index in [0.29, 0.717) is 11.3 Å². The maximum Gasteiger partial charge on any atom is 0.348 e. The van der Waals surface area contributed by atoms with Crippen LogP contribution in [-0.4, -0.2) is 24.8 Å². The summed E-state index contributed by atoms with van der Waals surface area (Å²) in [6.45, 7) is 3.29. The second-order valence-corrected chi connectivity index (χ2v) is 7.47. The van der Waals surface area contributed by atoms with Crippen LogP contribution >= 0.6 is 15.9 Å². The normalized spacial score (nSPS) is 15.5. The third-order valence-corrected chi connectivity index (χ3v) is 4.41. The molecule has 0 N–H and O–H groups in total. The first-order valence-corrected chi connectivity index (χ1v) is 9.30. The largest absolute Gasteiger partial charge is 0.497 e. The summed E-state index contributed by atoms with van der Waals surface area (Å²) >= 11 is 3.39. The van der Waals surface area contributed by atoms with Crippen molar-refractivity contribution in [3.8, 4) is 11.5 Å². The molecule has 0 aromatic heterocycles. The van der Waals surface area contributed by atoms with E-state index in [9.17, 15) is 9.59 Å². The highest BCUT2D eigenvalue weighted by molar-refractivity contribution is 9.10. The molecule has 0 radical (unpaired) electrons. The van der Waals surface area contributed by atoms with Crippen molar-refractivity contribution in [1.82, 2.24) is 0 Å². The highest BCUT2D eigenvalue weighted by Crippen LogP contribution is 2.30. The number of rotatable bonds is 5. The summed E-state index contributed by atoms with van der Waals surface area (Å²) in [5.74, 6) is -1.52. The molecule has 146 valence electrons. The molecule has 1 aliphatic rings. The van der Waals surface area contributed by atoms with Gasteiger partial charge in [0.25, 0.3) is 5.79 Å². The second-order valence-electron chi connectivity index (χ2n) is 6.56. The van der Waals surface area contributed by atoms with Crippen molar-refractivity contribution in [3.05, 3.63) is 63.6 Å². The third kappa shape index (κ3) is 4.72. The first kappa shape index (κ1) is 19.9. The topological polar surface area (TPSA) is 71.1 Å². The first-order chi connectivity index (χ1) is 13.3. The van der Waals surface area contributed by atoms with Gasteiger partial charge in [-0.3, -0.25) is 0 Å². The zero-order valence-corrected chi connectivity index (χ0v) is 17.2. The van der Waals surface area contributed by atoms with Gasteiger partial charge in [-0.05, 0) is 42.0 Å². The lowest BCUT2D eigenvalue weighted by Gasteiger charge is -2.29. The summed E-state index contributed by atoms with van der Waals surface area (Å²) in [4.78, 5) is 24.4. The number of ether oxygens (including phenoxy) is 4. The molecular formula is C21H19BrO6. The Bertz CT molecular complexity index is 926. The van der Waals surface area contributed by atoms with Crippen LogP contribution in [0.15, 0.2) is 52.5 Å². The Hall–Kier alpha value is -2.80. The summed E-state index contributed by atoms with van der Waals surface area (Å²) in [6, 6.07) is 12.8. The van der Waals surface area contributed by atoms with E-state index < -0.39 is 17.7 Å². The minimum Gasteiger partial charge on any atom is -0.497 e. The molecule has 0 saturated carbocycles. The Morgan fingerprint density at radius 3 is 2.46 bits per heavy atom. The molecule has 28 heavy (non-hydrogen) atoms. The van der Waals surface area contributed by atoms with E-state index in [1.165, 1.54) is 19.9 Å². The van der Waals surface area contributed by atoms with Crippen molar-refractivity contribution in [2.75, 3.05) is 7.11 Å². The van der Waals surface area contributed by atoms with E-state index in [2.05, 4.69) is 15.9 Å². The lowest BCUT2D eigenvalue weighted by Crippen LogP contribution is -2.41. The van der Waals surface area contributed by atoms with E-state index in [1.807, 2.05) is 30.3 Å². The number of hydrogen-bond donors (Lipinski definition) is 0. The Morgan fingerprint density at radius 2 is 1.79 bits per heavy atom. The second kappa shape index (κ2) is 8.06. The predicted molar refractivity (Wildman–Crippen MR) is 106 cm³/mol. The van der Waals surface area contributed by atoms with Gasteiger partial charge in [-0.15, -0.1) is 0 Å². The summed E-state index contributed by atoms with van der Waals surface area (Å²) < 4.78 is 22.2. The van der Waals surface area contributed by atoms with E-state index in [-0.39, 0.29) is 12.2 Å². The maximum absolute atomic E-state index is 12.2. The minimum absolute atomic E-state index is 0.191. The van der Waals surface area contributed by atoms with Crippen LogP contribution in [0.4, 0.5) is 0 Å². The molecule has 0 bridgehead atoms. The fraction of sp³-hybridized carbons (Fsp3) is 0.238. The third-order valence-electron chi connectivity index (χ3n) is 3.92. The van der Waals surface area contributed by atoms with Crippen molar-refractivity contribution in [1.29, 1.82) is 0 Å². The van der Waals surface area contributed by atoms with Crippen LogP contribution in [-0.2, 0) is 25.7 Å².